The van der Waals surface area contributed by atoms with E-state index in [1.54, 1.807) is 13.0 Å². The summed E-state index contributed by atoms with van der Waals surface area (Å²) in [6, 6.07) is 4.23. The second-order valence-electron chi connectivity index (χ2n) is 6.49. The number of esters is 1. The number of methoxy groups -OCH3 is 1. The average Bonchev–Trinajstić information content (AvgIpc) is 3.45. The molecule has 1 atom stereocenters. The van der Waals surface area contributed by atoms with Crippen molar-refractivity contribution in [2.24, 2.45) is 0 Å². The maximum Gasteiger partial charge on any atom is 0.387 e. The summed E-state index contributed by atoms with van der Waals surface area (Å²) in [5, 5.41) is 3.65. The molecule has 28 heavy (non-hydrogen) atoms. The number of ether oxygens (including phenoxy) is 3. The van der Waals surface area contributed by atoms with Gasteiger partial charge in [-0.05, 0) is 56.6 Å². The molecule has 0 saturated heterocycles. The van der Waals surface area contributed by atoms with Crippen molar-refractivity contribution < 1.29 is 27.8 Å². The highest BCUT2D eigenvalue weighted by atomic mass is 32.1. The van der Waals surface area contributed by atoms with E-state index >= 15 is 0 Å². The predicted molar refractivity (Wildman–Crippen MR) is 102 cm³/mol. The fourth-order valence-electron chi connectivity index (χ4n) is 3.31. The van der Waals surface area contributed by atoms with E-state index in [0.717, 1.165) is 12.8 Å². The minimum Gasteiger partial charge on any atom is -0.493 e. The van der Waals surface area contributed by atoms with Crippen molar-refractivity contribution in [2.45, 2.75) is 45.4 Å². The third kappa shape index (κ3) is 4.04. The SMILES string of the molecule is CCOC(=O)C1=C(C)N(C2CC2)C(=S)N[C@H]1c1ccc(OC)c(OC(F)F)c1. The lowest BCUT2D eigenvalue weighted by molar-refractivity contribution is -0.139. The Morgan fingerprint density at radius 1 is 1.36 bits per heavy atom. The van der Waals surface area contributed by atoms with Gasteiger partial charge in [0.05, 0.1) is 25.3 Å². The van der Waals surface area contributed by atoms with Gasteiger partial charge in [-0.25, -0.2) is 4.79 Å². The predicted octanol–water partition coefficient (Wildman–Crippen LogP) is 3.53. The molecule has 1 aromatic rings. The van der Waals surface area contributed by atoms with Crippen molar-refractivity contribution in [2.75, 3.05) is 13.7 Å². The van der Waals surface area contributed by atoms with E-state index in [-0.39, 0.29) is 24.1 Å². The summed E-state index contributed by atoms with van der Waals surface area (Å²) in [7, 11) is 1.36. The molecule has 6 nitrogen and oxygen atoms in total. The van der Waals surface area contributed by atoms with Gasteiger partial charge in [0.1, 0.15) is 0 Å². The Balaban J connectivity index is 2.05. The molecule has 0 radical (unpaired) electrons. The molecule has 1 N–H and O–H groups in total. The van der Waals surface area contributed by atoms with Crippen LogP contribution in [0.5, 0.6) is 11.5 Å². The van der Waals surface area contributed by atoms with Crippen LogP contribution in [-0.2, 0) is 9.53 Å². The molecule has 0 amide bonds. The van der Waals surface area contributed by atoms with Crippen molar-refractivity contribution in [3.8, 4) is 11.5 Å². The number of thiocarbonyl (C=S) groups is 1. The van der Waals surface area contributed by atoms with E-state index in [1.807, 2.05) is 11.8 Å². The second-order valence-corrected chi connectivity index (χ2v) is 6.88. The Morgan fingerprint density at radius 2 is 2.07 bits per heavy atom. The van der Waals surface area contributed by atoms with Crippen molar-refractivity contribution in [1.29, 1.82) is 0 Å². The number of carbonyl (C=O) groups is 1. The molecule has 1 heterocycles. The van der Waals surface area contributed by atoms with Gasteiger partial charge >= 0.3 is 12.6 Å². The number of hydrogen-bond acceptors (Lipinski definition) is 5. The van der Waals surface area contributed by atoms with Crippen LogP contribution in [-0.4, -0.2) is 42.4 Å². The highest BCUT2D eigenvalue weighted by Crippen LogP contribution is 2.40. The van der Waals surface area contributed by atoms with Crippen LogP contribution in [0.2, 0.25) is 0 Å². The van der Waals surface area contributed by atoms with Gasteiger partial charge < -0.3 is 24.4 Å². The molecule has 9 heteroatoms. The van der Waals surface area contributed by atoms with Gasteiger partial charge in [-0.3, -0.25) is 0 Å². The summed E-state index contributed by atoms with van der Waals surface area (Å²) in [6.45, 7) is 0.768. The monoisotopic (exact) mass is 412 g/mol. The zero-order valence-corrected chi connectivity index (χ0v) is 16.6. The zero-order chi connectivity index (χ0) is 20.4. The maximum absolute atomic E-state index is 12.8. The van der Waals surface area contributed by atoms with Crippen LogP contribution in [0, 0.1) is 0 Å². The number of halogens is 2. The first-order valence-electron chi connectivity index (χ1n) is 8.97. The third-order valence-electron chi connectivity index (χ3n) is 4.67. The van der Waals surface area contributed by atoms with Crippen molar-refractivity contribution in [3.63, 3.8) is 0 Å². The molecular formula is C19H22F2N2O4S. The standard InChI is InChI=1S/C19H22F2N2O4S/c1-4-26-17(24)15-10(2)23(12-6-7-12)19(28)22-16(15)11-5-8-13(25-3)14(9-11)27-18(20)21/h5,8-9,12,16,18H,4,6-7H2,1-3H3,(H,22,28)/t16-/m0/s1. The van der Waals surface area contributed by atoms with E-state index in [2.05, 4.69) is 10.1 Å². The van der Waals surface area contributed by atoms with Crippen LogP contribution in [0.3, 0.4) is 0 Å². The molecule has 0 aromatic heterocycles. The van der Waals surface area contributed by atoms with E-state index in [4.69, 9.17) is 21.7 Å². The molecule has 1 aromatic carbocycles. The van der Waals surface area contributed by atoms with E-state index in [9.17, 15) is 13.6 Å². The van der Waals surface area contributed by atoms with Gasteiger partial charge in [0.25, 0.3) is 0 Å². The van der Waals surface area contributed by atoms with Crippen LogP contribution in [0.1, 0.15) is 38.3 Å². The number of allylic oxidation sites excluding steroid dienone is 1. The van der Waals surface area contributed by atoms with Gasteiger partial charge in [-0.15, -0.1) is 0 Å². The first-order valence-corrected chi connectivity index (χ1v) is 9.38. The first-order chi connectivity index (χ1) is 13.4. The third-order valence-corrected chi connectivity index (χ3v) is 4.99. The normalized spacial score (nSPS) is 19.6. The number of nitrogens with zero attached hydrogens (tertiary/aromatic N) is 1. The molecule has 1 aliphatic heterocycles. The number of carbonyl (C=O) groups excluding carboxylic acids is 1. The van der Waals surface area contributed by atoms with Gasteiger partial charge in [0.2, 0.25) is 0 Å². The lowest BCUT2D eigenvalue weighted by Gasteiger charge is -2.37. The van der Waals surface area contributed by atoms with Gasteiger partial charge in [-0.2, -0.15) is 8.78 Å². The molecule has 0 unspecified atom stereocenters. The Hall–Kier alpha value is -2.42. The van der Waals surface area contributed by atoms with E-state index in [1.165, 1.54) is 19.2 Å². The fourth-order valence-corrected chi connectivity index (χ4v) is 3.72. The number of alkyl halides is 2. The fraction of sp³-hybridized carbons (Fsp3) is 0.474. The van der Waals surface area contributed by atoms with Crippen LogP contribution in [0.15, 0.2) is 29.5 Å². The zero-order valence-electron chi connectivity index (χ0n) is 15.8. The lowest BCUT2D eigenvalue weighted by atomic mass is 9.94. The van der Waals surface area contributed by atoms with Gasteiger partial charge in [0, 0.05) is 11.7 Å². The number of benzene rings is 1. The highest BCUT2D eigenvalue weighted by Gasteiger charge is 2.41. The second kappa shape index (κ2) is 8.30. The molecule has 1 saturated carbocycles. The molecule has 1 fully saturated rings. The molecular weight excluding hydrogens is 390 g/mol. The summed E-state index contributed by atoms with van der Waals surface area (Å²) < 4.78 is 40.5. The van der Waals surface area contributed by atoms with Gasteiger partial charge in [0.15, 0.2) is 16.6 Å². The van der Waals surface area contributed by atoms with Crippen LogP contribution in [0.25, 0.3) is 0 Å². The summed E-state index contributed by atoms with van der Waals surface area (Å²) in [4.78, 5) is 14.6. The van der Waals surface area contributed by atoms with Gasteiger partial charge in [-0.1, -0.05) is 6.07 Å². The smallest absolute Gasteiger partial charge is 0.387 e. The molecule has 2 aliphatic rings. The van der Waals surface area contributed by atoms with Crippen molar-refractivity contribution in [3.05, 3.63) is 35.0 Å². The summed E-state index contributed by atoms with van der Waals surface area (Å²) >= 11 is 5.51. The summed E-state index contributed by atoms with van der Waals surface area (Å²) in [6.07, 6.45) is 1.99. The number of hydrogen-bond donors (Lipinski definition) is 1. The number of nitrogens with one attached hydrogen (secondary N) is 1. The Morgan fingerprint density at radius 3 is 2.64 bits per heavy atom. The summed E-state index contributed by atoms with van der Waals surface area (Å²) in [5.74, 6) is -0.425. The lowest BCUT2D eigenvalue weighted by Crippen LogP contribution is -2.48. The van der Waals surface area contributed by atoms with Crippen molar-refractivity contribution >= 4 is 23.3 Å². The number of rotatable bonds is 7. The Labute approximate surface area is 167 Å². The maximum atomic E-state index is 12.8. The average molecular weight is 412 g/mol. The van der Waals surface area contributed by atoms with Crippen LogP contribution in [0.4, 0.5) is 8.78 Å². The van der Waals surface area contributed by atoms with E-state index in [0.29, 0.717) is 21.9 Å². The van der Waals surface area contributed by atoms with E-state index < -0.39 is 18.6 Å². The topological polar surface area (TPSA) is 60.0 Å². The Bertz CT molecular complexity index is 811. The minimum atomic E-state index is -3.00. The highest BCUT2D eigenvalue weighted by molar-refractivity contribution is 7.80. The van der Waals surface area contributed by atoms with Crippen molar-refractivity contribution in [1.82, 2.24) is 10.2 Å². The summed E-state index contributed by atoms with van der Waals surface area (Å²) in [5.41, 5.74) is 1.65. The molecule has 0 bridgehead atoms. The Kier molecular flexibility index (Phi) is 6.02. The molecule has 0 spiro atoms. The molecule has 152 valence electrons. The largest absolute Gasteiger partial charge is 0.493 e. The van der Waals surface area contributed by atoms with Crippen LogP contribution >= 0.6 is 12.2 Å². The van der Waals surface area contributed by atoms with Crippen LogP contribution < -0.4 is 14.8 Å². The molecule has 3 rings (SSSR count). The minimum absolute atomic E-state index is 0.117. The molecule has 1 aliphatic carbocycles. The first kappa shape index (κ1) is 20.3. The quantitative estimate of drug-likeness (QED) is 0.543.